The molecule has 6 heteroatoms. The second-order valence-corrected chi connectivity index (χ2v) is 4.99. The van der Waals surface area contributed by atoms with E-state index in [9.17, 15) is 9.59 Å². The van der Waals surface area contributed by atoms with Crippen molar-refractivity contribution in [2.24, 2.45) is 0 Å². The van der Waals surface area contributed by atoms with Gasteiger partial charge in [-0.05, 0) is 31.5 Å². The van der Waals surface area contributed by atoms with E-state index < -0.39 is 12.1 Å². The van der Waals surface area contributed by atoms with E-state index in [2.05, 4.69) is 5.32 Å². The summed E-state index contributed by atoms with van der Waals surface area (Å²) in [5.41, 5.74) is 0.745. The average Bonchev–Trinajstić information content (AvgIpc) is 2.27. The Morgan fingerprint density at radius 3 is 2.42 bits per heavy atom. The van der Waals surface area contributed by atoms with Crippen molar-refractivity contribution in [1.82, 2.24) is 5.32 Å². The number of benzene rings is 1. The molecule has 0 bridgehead atoms. The Labute approximate surface area is 122 Å². The van der Waals surface area contributed by atoms with Gasteiger partial charge in [-0.1, -0.05) is 29.3 Å². The van der Waals surface area contributed by atoms with E-state index in [1.54, 1.807) is 25.1 Å². The van der Waals surface area contributed by atoms with Crippen LogP contribution in [-0.2, 0) is 14.3 Å². The molecule has 1 aromatic rings. The number of hydrogen-bond donors (Lipinski definition) is 1. The van der Waals surface area contributed by atoms with Gasteiger partial charge in [0.25, 0.3) is 5.91 Å². The molecule has 0 fully saturated rings. The summed E-state index contributed by atoms with van der Waals surface area (Å²) in [7, 11) is 0. The summed E-state index contributed by atoms with van der Waals surface area (Å²) in [6.07, 6.45) is -0.842. The van der Waals surface area contributed by atoms with Crippen molar-refractivity contribution < 1.29 is 14.3 Å². The number of nitrogens with one attached hydrogen (secondary N) is 1. The van der Waals surface area contributed by atoms with Crippen molar-refractivity contribution in [2.75, 3.05) is 0 Å². The summed E-state index contributed by atoms with van der Waals surface area (Å²) in [6.45, 7) is 4.55. The lowest BCUT2D eigenvalue weighted by molar-refractivity contribution is -0.152. The lowest BCUT2D eigenvalue weighted by atomic mass is 10.1. The number of esters is 1. The summed E-state index contributed by atoms with van der Waals surface area (Å²) < 4.78 is 4.79. The fourth-order valence-corrected chi connectivity index (χ4v) is 2.14. The summed E-state index contributed by atoms with van der Waals surface area (Å²) in [4.78, 5) is 22.6. The summed E-state index contributed by atoms with van der Waals surface area (Å²) >= 11 is 11.9. The molecule has 0 saturated heterocycles. The molecule has 0 aliphatic heterocycles. The van der Waals surface area contributed by atoms with Crippen LogP contribution in [0.25, 0.3) is 0 Å². The lowest BCUT2D eigenvalue weighted by Gasteiger charge is -2.18. The van der Waals surface area contributed by atoms with Crippen LogP contribution >= 0.6 is 23.2 Å². The van der Waals surface area contributed by atoms with Crippen LogP contribution in [0.2, 0.25) is 10.0 Å². The SMILES string of the molecule is CC(=O)O[C@H](C)C(=O)N[C@H](C)c1ccc(Cl)cc1Cl. The van der Waals surface area contributed by atoms with E-state index in [0.717, 1.165) is 5.56 Å². The maximum atomic E-state index is 11.8. The van der Waals surface area contributed by atoms with Gasteiger partial charge in [-0.25, -0.2) is 0 Å². The predicted octanol–water partition coefficient (Wildman–Crippen LogP) is 3.12. The van der Waals surface area contributed by atoms with E-state index in [-0.39, 0.29) is 11.9 Å². The summed E-state index contributed by atoms with van der Waals surface area (Å²) in [5.74, 6) is -0.881. The Morgan fingerprint density at radius 1 is 1.26 bits per heavy atom. The molecule has 0 aliphatic carbocycles. The first-order valence-corrected chi connectivity index (χ1v) is 6.49. The number of ether oxygens (including phenoxy) is 1. The predicted molar refractivity (Wildman–Crippen MR) is 74.2 cm³/mol. The van der Waals surface area contributed by atoms with Gasteiger partial charge < -0.3 is 10.1 Å². The molecule has 0 radical (unpaired) electrons. The van der Waals surface area contributed by atoms with Crippen LogP contribution in [-0.4, -0.2) is 18.0 Å². The Bertz CT molecular complexity index is 491. The molecule has 2 atom stereocenters. The van der Waals surface area contributed by atoms with Gasteiger partial charge in [-0.2, -0.15) is 0 Å². The number of carbonyl (C=O) groups excluding carboxylic acids is 2. The average molecular weight is 304 g/mol. The van der Waals surface area contributed by atoms with Crippen molar-refractivity contribution in [3.05, 3.63) is 33.8 Å². The maximum Gasteiger partial charge on any atom is 0.303 e. The molecule has 1 N–H and O–H groups in total. The van der Waals surface area contributed by atoms with Crippen LogP contribution in [0.4, 0.5) is 0 Å². The van der Waals surface area contributed by atoms with Gasteiger partial charge in [0.2, 0.25) is 0 Å². The molecular weight excluding hydrogens is 289 g/mol. The zero-order valence-corrected chi connectivity index (χ0v) is 12.4. The minimum Gasteiger partial charge on any atom is -0.453 e. The zero-order valence-electron chi connectivity index (χ0n) is 10.9. The number of amides is 1. The van der Waals surface area contributed by atoms with Gasteiger partial charge in [0.15, 0.2) is 6.10 Å². The van der Waals surface area contributed by atoms with Crippen molar-refractivity contribution in [3.63, 3.8) is 0 Å². The molecule has 104 valence electrons. The second kappa shape index (κ2) is 6.78. The van der Waals surface area contributed by atoms with E-state index >= 15 is 0 Å². The van der Waals surface area contributed by atoms with E-state index in [4.69, 9.17) is 27.9 Å². The maximum absolute atomic E-state index is 11.8. The third kappa shape index (κ3) is 4.73. The molecule has 0 aromatic heterocycles. The largest absolute Gasteiger partial charge is 0.453 e. The highest BCUT2D eigenvalue weighted by molar-refractivity contribution is 6.35. The third-order valence-corrected chi connectivity index (χ3v) is 3.06. The molecule has 4 nitrogen and oxygen atoms in total. The van der Waals surface area contributed by atoms with Crippen LogP contribution in [0.1, 0.15) is 32.4 Å². The number of rotatable bonds is 4. The quantitative estimate of drug-likeness (QED) is 0.870. The fourth-order valence-electron chi connectivity index (χ4n) is 1.56. The van der Waals surface area contributed by atoms with Crippen molar-refractivity contribution >= 4 is 35.1 Å². The molecule has 19 heavy (non-hydrogen) atoms. The number of carbonyl (C=O) groups is 2. The van der Waals surface area contributed by atoms with E-state index in [1.165, 1.54) is 13.8 Å². The third-order valence-electron chi connectivity index (χ3n) is 2.50. The van der Waals surface area contributed by atoms with Crippen LogP contribution in [0.15, 0.2) is 18.2 Å². The molecular formula is C13H15Cl2NO3. The molecule has 1 amide bonds. The highest BCUT2D eigenvalue weighted by Gasteiger charge is 2.19. The van der Waals surface area contributed by atoms with Crippen LogP contribution in [0.3, 0.4) is 0 Å². The Balaban J connectivity index is 2.71. The second-order valence-electron chi connectivity index (χ2n) is 4.15. The minimum absolute atomic E-state index is 0.310. The molecule has 0 unspecified atom stereocenters. The molecule has 1 rings (SSSR count). The first kappa shape index (κ1) is 15.8. The molecule has 0 spiro atoms. The van der Waals surface area contributed by atoms with Crippen LogP contribution in [0, 0.1) is 0 Å². The van der Waals surface area contributed by atoms with Gasteiger partial charge in [-0.15, -0.1) is 0 Å². The minimum atomic E-state index is -0.842. The van der Waals surface area contributed by atoms with Crippen LogP contribution < -0.4 is 5.32 Å². The van der Waals surface area contributed by atoms with E-state index in [0.29, 0.717) is 10.0 Å². The highest BCUT2D eigenvalue weighted by Crippen LogP contribution is 2.26. The van der Waals surface area contributed by atoms with Crippen LogP contribution in [0.5, 0.6) is 0 Å². The van der Waals surface area contributed by atoms with Crippen molar-refractivity contribution in [3.8, 4) is 0 Å². The monoisotopic (exact) mass is 303 g/mol. The smallest absolute Gasteiger partial charge is 0.303 e. The number of hydrogen-bond acceptors (Lipinski definition) is 3. The van der Waals surface area contributed by atoms with Gasteiger partial charge in [0.05, 0.1) is 6.04 Å². The fraction of sp³-hybridized carbons (Fsp3) is 0.385. The van der Waals surface area contributed by atoms with Gasteiger partial charge in [0, 0.05) is 17.0 Å². The van der Waals surface area contributed by atoms with Gasteiger partial charge in [-0.3, -0.25) is 9.59 Å². The van der Waals surface area contributed by atoms with Crippen molar-refractivity contribution in [2.45, 2.75) is 32.9 Å². The number of halogens is 2. The molecule has 0 heterocycles. The Kier molecular flexibility index (Phi) is 5.63. The molecule has 0 saturated carbocycles. The zero-order chi connectivity index (χ0) is 14.6. The molecule has 0 aliphatic rings. The lowest BCUT2D eigenvalue weighted by Crippen LogP contribution is -2.37. The van der Waals surface area contributed by atoms with Gasteiger partial charge >= 0.3 is 5.97 Å². The first-order valence-electron chi connectivity index (χ1n) is 5.73. The normalized spacial score (nSPS) is 13.5. The highest BCUT2D eigenvalue weighted by atomic mass is 35.5. The Hall–Kier alpha value is -1.26. The van der Waals surface area contributed by atoms with Gasteiger partial charge in [0.1, 0.15) is 0 Å². The van der Waals surface area contributed by atoms with Crippen molar-refractivity contribution in [1.29, 1.82) is 0 Å². The summed E-state index contributed by atoms with van der Waals surface area (Å²) in [6, 6.07) is 4.74. The van der Waals surface area contributed by atoms with E-state index in [1.807, 2.05) is 0 Å². The summed E-state index contributed by atoms with van der Waals surface area (Å²) in [5, 5.41) is 3.72. The topological polar surface area (TPSA) is 55.4 Å². The standard InChI is InChI=1S/C13H15Cl2NO3/c1-7(11-5-4-10(14)6-12(11)15)16-13(18)8(2)19-9(3)17/h4-8H,1-3H3,(H,16,18)/t7-,8-/m1/s1. The molecule has 1 aromatic carbocycles. The Morgan fingerprint density at radius 2 is 1.89 bits per heavy atom. The first-order chi connectivity index (χ1) is 8.81.